The van der Waals surface area contributed by atoms with E-state index >= 15 is 0 Å². The molecule has 90 valence electrons. The van der Waals surface area contributed by atoms with Gasteiger partial charge in [0.2, 0.25) is 0 Å². The van der Waals surface area contributed by atoms with Crippen LogP contribution in [0, 0.1) is 0 Å². The molecule has 0 spiro atoms. The molecule has 1 heterocycles. The van der Waals surface area contributed by atoms with Gasteiger partial charge in [0.25, 0.3) is 0 Å². The fraction of sp³-hybridized carbons (Fsp3) is 0.500. The number of nitrogens with zero attached hydrogens (tertiary/aromatic N) is 1. The van der Waals surface area contributed by atoms with Crippen LogP contribution < -0.4 is 10.6 Å². The minimum Gasteiger partial charge on any atom is -0.369 e. The molecule has 1 aromatic rings. The van der Waals surface area contributed by atoms with E-state index in [0.717, 1.165) is 12.3 Å². The molecule has 0 aliphatic heterocycles. The zero-order chi connectivity index (χ0) is 12.2. The van der Waals surface area contributed by atoms with Gasteiger partial charge in [-0.05, 0) is 26.1 Å². The second kappa shape index (κ2) is 5.16. The van der Waals surface area contributed by atoms with Gasteiger partial charge in [0, 0.05) is 18.8 Å². The molecule has 6 heteroatoms. The molecular formula is C10H14F3N3. The van der Waals surface area contributed by atoms with Gasteiger partial charge in [0.15, 0.2) is 0 Å². The topological polar surface area (TPSA) is 37.0 Å². The van der Waals surface area contributed by atoms with E-state index in [1.807, 2.05) is 14.0 Å². The molecule has 0 aromatic carbocycles. The average molecular weight is 233 g/mol. The van der Waals surface area contributed by atoms with Crippen LogP contribution in [0.4, 0.5) is 19.0 Å². The van der Waals surface area contributed by atoms with Crippen molar-refractivity contribution in [3.05, 3.63) is 23.9 Å². The van der Waals surface area contributed by atoms with Crippen molar-refractivity contribution in [2.24, 2.45) is 0 Å². The highest BCUT2D eigenvalue weighted by Crippen LogP contribution is 2.28. The summed E-state index contributed by atoms with van der Waals surface area (Å²) < 4.78 is 36.7. The van der Waals surface area contributed by atoms with Crippen molar-refractivity contribution in [3.8, 4) is 0 Å². The van der Waals surface area contributed by atoms with Gasteiger partial charge in [-0.1, -0.05) is 0 Å². The Morgan fingerprint density at radius 2 is 2.06 bits per heavy atom. The van der Waals surface area contributed by atoms with Gasteiger partial charge in [0.1, 0.15) is 5.82 Å². The van der Waals surface area contributed by atoms with Crippen LogP contribution in [0.1, 0.15) is 12.5 Å². The number of anilines is 1. The first-order valence-corrected chi connectivity index (χ1v) is 4.88. The Balaban J connectivity index is 2.58. The summed E-state index contributed by atoms with van der Waals surface area (Å²) in [4.78, 5) is 3.69. The second-order valence-corrected chi connectivity index (χ2v) is 3.50. The van der Waals surface area contributed by atoms with Crippen molar-refractivity contribution in [2.45, 2.75) is 19.1 Å². The molecule has 0 radical (unpaired) electrons. The molecule has 3 nitrogen and oxygen atoms in total. The van der Waals surface area contributed by atoms with E-state index in [-0.39, 0.29) is 6.04 Å². The number of pyridine rings is 1. The Kier molecular flexibility index (Phi) is 4.12. The zero-order valence-electron chi connectivity index (χ0n) is 9.10. The Morgan fingerprint density at radius 1 is 1.38 bits per heavy atom. The van der Waals surface area contributed by atoms with Gasteiger partial charge < -0.3 is 10.6 Å². The minimum atomic E-state index is -4.33. The Morgan fingerprint density at radius 3 is 2.50 bits per heavy atom. The molecule has 16 heavy (non-hydrogen) atoms. The molecule has 1 unspecified atom stereocenters. The SMILES string of the molecule is CNC(C)CNc1ccc(C(F)(F)F)cn1. The van der Waals surface area contributed by atoms with E-state index in [9.17, 15) is 13.2 Å². The van der Waals surface area contributed by atoms with Crippen molar-refractivity contribution in [1.82, 2.24) is 10.3 Å². The summed E-state index contributed by atoms with van der Waals surface area (Å²) in [5.41, 5.74) is -0.736. The van der Waals surface area contributed by atoms with Crippen LogP contribution in [0.15, 0.2) is 18.3 Å². The number of aromatic nitrogens is 1. The number of nitrogens with one attached hydrogen (secondary N) is 2. The smallest absolute Gasteiger partial charge is 0.369 e. The number of alkyl halides is 3. The summed E-state index contributed by atoms with van der Waals surface area (Å²) in [5.74, 6) is 0.440. The quantitative estimate of drug-likeness (QED) is 0.836. The third-order valence-corrected chi connectivity index (χ3v) is 2.17. The first kappa shape index (κ1) is 12.8. The van der Waals surface area contributed by atoms with E-state index < -0.39 is 11.7 Å². The molecule has 0 aliphatic rings. The first-order valence-electron chi connectivity index (χ1n) is 4.88. The number of halogens is 3. The molecule has 0 saturated heterocycles. The Bertz CT molecular complexity index is 321. The average Bonchev–Trinajstić information content (AvgIpc) is 2.25. The lowest BCUT2D eigenvalue weighted by molar-refractivity contribution is -0.137. The Hall–Kier alpha value is -1.30. The number of hydrogen-bond donors (Lipinski definition) is 2. The third-order valence-electron chi connectivity index (χ3n) is 2.17. The normalized spacial score (nSPS) is 13.6. The van der Waals surface area contributed by atoms with E-state index in [1.54, 1.807) is 0 Å². The maximum atomic E-state index is 12.2. The highest BCUT2D eigenvalue weighted by atomic mass is 19.4. The van der Waals surface area contributed by atoms with Gasteiger partial charge >= 0.3 is 6.18 Å². The number of hydrogen-bond acceptors (Lipinski definition) is 3. The summed E-state index contributed by atoms with van der Waals surface area (Å²) >= 11 is 0. The fourth-order valence-corrected chi connectivity index (χ4v) is 1.03. The molecule has 1 aromatic heterocycles. The van der Waals surface area contributed by atoms with Crippen LogP contribution in [-0.4, -0.2) is 24.6 Å². The van der Waals surface area contributed by atoms with E-state index in [2.05, 4.69) is 15.6 Å². The first-order chi connectivity index (χ1) is 7.43. The van der Waals surface area contributed by atoms with Crippen LogP contribution in [0.5, 0.6) is 0 Å². The second-order valence-electron chi connectivity index (χ2n) is 3.50. The van der Waals surface area contributed by atoms with Crippen molar-refractivity contribution >= 4 is 5.82 Å². The lowest BCUT2D eigenvalue weighted by Crippen LogP contribution is -2.29. The molecule has 1 rings (SSSR count). The van der Waals surface area contributed by atoms with Crippen molar-refractivity contribution in [3.63, 3.8) is 0 Å². The van der Waals surface area contributed by atoms with Gasteiger partial charge in [-0.2, -0.15) is 13.2 Å². The highest BCUT2D eigenvalue weighted by molar-refractivity contribution is 5.36. The van der Waals surface area contributed by atoms with Gasteiger partial charge in [-0.25, -0.2) is 4.98 Å². The summed E-state index contributed by atoms with van der Waals surface area (Å²) in [7, 11) is 1.81. The van der Waals surface area contributed by atoms with Crippen LogP contribution in [0.25, 0.3) is 0 Å². The molecule has 0 bridgehead atoms. The largest absolute Gasteiger partial charge is 0.417 e. The van der Waals surface area contributed by atoms with E-state index in [4.69, 9.17) is 0 Å². The van der Waals surface area contributed by atoms with Crippen LogP contribution in [0.3, 0.4) is 0 Å². The van der Waals surface area contributed by atoms with Gasteiger partial charge in [-0.3, -0.25) is 0 Å². The summed E-state index contributed by atoms with van der Waals surface area (Å²) in [6, 6.07) is 2.56. The molecule has 0 amide bonds. The van der Waals surface area contributed by atoms with Gasteiger partial charge in [-0.15, -0.1) is 0 Å². The monoisotopic (exact) mass is 233 g/mol. The summed E-state index contributed by atoms with van der Waals surface area (Å²) in [6.45, 7) is 2.56. The van der Waals surface area contributed by atoms with Gasteiger partial charge in [0.05, 0.1) is 5.56 Å². The summed E-state index contributed by atoms with van der Waals surface area (Å²) in [5, 5.41) is 5.93. The van der Waals surface area contributed by atoms with Crippen LogP contribution in [0.2, 0.25) is 0 Å². The van der Waals surface area contributed by atoms with Crippen molar-refractivity contribution in [1.29, 1.82) is 0 Å². The van der Waals surface area contributed by atoms with Crippen LogP contribution in [-0.2, 0) is 6.18 Å². The maximum absolute atomic E-state index is 12.2. The van der Waals surface area contributed by atoms with Crippen molar-refractivity contribution < 1.29 is 13.2 Å². The van der Waals surface area contributed by atoms with Crippen LogP contribution >= 0.6 is 0 Å². The molecule has 1 atom stereocenters. The number of likely N-dealkylation sites (N-methyl/N-ethyl adjacent to an activating group) is 1. The lowest BCUT2D eigenvalue weighted by Gasteiger charge is -2.12. The molecule has 0 saturated carbocycles. The molecular weight excluding hydrogens is 219 g/mol. The Labute approximate surface area is 92.1 Å². The highest BCUT2D eigenvalue weighted by Gasteiger charge is 2.30. The minimum absolute atomic E-state index is 0.226. The summed E-state index contributed by atoms with van der Waals surface area (Å²) in [6.07, 6.45) is -3.50. The molecule has 0 fully saturated rings. The zero-order valence-corrected chi connectivity index (χ0v) is 9.10. The fourth-order valence-electron chi connectivity index (χ4n) is 1.03. The van der Waals surface area contributed by atoms with E-state index in [0.29, 0.717) is 12.4 Å². The lowest BCUT2D eigenvalue weighted by atomic mass is 10.2. The predicted octanol–water partition coefficient (Wildman–Crippen LogP) is 2.12. The molecule has 2 N–H and O–H groups in total. The van der Waals surface area contributed by atoms with Crippen molar-refractivity contribution in [2.75, 3.05) is 18.9 Å². The molecule has 0 aliphatic carbocycles. The predicted molar refractivity (Wildman–Crippen MR) is 56.3 cm³/mol. The third kappa shape index (κ3) is 3.69. The number of rotatable bonds is 4. The maximum Gasteiger partial charge on any atom is 0.417 e. The standard InChI is InChI=1S/C10H14F3N3/c1-7(14-2)5-15-9-4-3-8(6-16-9)10(11,12)13/h3-4,6-7,14H,5H2,1-2H3,(H,15,16). The van der Waals surface area contributed by atoms with E-state index in [1.165, 1.54) is 6.07 Å².